The van der Waals surface area contributed by atoms with Gasteiger partial charge in [-0.3, -0.25) is 10.1 Å². The molecular formula is C11H14N2O3S. The molecule has 0 fully saturated rings. The zero-order valence-electron chi connectivity index (χ0n) is 9.51. The van der Waals surface area contributed by atoms with Gasteiger partial charge in [0.1, 0.15) is 0 Å². The van der Waals surface area contributed by atoms with Crippen molar-refractivity contribution in [2.24, 2.45) is 0 Å². The summed E-state index contributed by atoms with van der Waals surface area (Å²) in [6.45, 7) is 2.61. The molecule has 0 heterocycles. The van der Waals surface area contributed by atoms with Crippen molar-refractivity contribution in [3.05, 3.63) is 34.4 Å². The van der Waals surface area contributed by atoms with Crippen molar-refractivity contribution >= 4 is 28.8 Å². The summed E-state index contributed by atoms with van der Waals surface area (Å²) in [4.78, 5) is 10.1. The van der Waals surface area contributed by atoms with Gasteiger partial charge in [0.2, 0.25) is 0 Å². The zero-order valence-corrected chi connectivity index (χ0v) is 10.3. The summed E-state index contributed by atoms with van der Waals surface area (Å²) in [6, 6.07) is 6.12. The molecule has 0 atom stereocenters. The van der Waals surface area contributed by atoms with Crippen LogP contribution in [0.3, 0.4) is 0 Å². The maximum atomic E-state index is 10.6. The third-order valence-corrected chi connectivity index (χ3v) is 2.25. The number of thiocarbonyl (C=S) groups is 1. The minimum atomic E-state index is -0.452. The van der Waals surface area contributed by atoms with Crippen LogP contribution in [0.25, 0.3) is 0 Å². The summed E-state index contributed by atoms with van der Waals surface area (Å²) in [5, 5.41) is 13.6. The lowest BCUT2D eigenvalue weighted by atomic mass is 10.3. The molecule has 0 saturated heterocycles. The van der Waals surface area contributed by atoms with E-state index in [9.17, 15) is 10.1 Å². The van der Waals surface area contributed by atoms with Crippen LogP contribution in [-0.2, 0) is 4.74 Å². The molecule has 0 aliphatic carbocycles. The Bertz CT molecular complexity index is 409. The van der Waals surface area contributed by atoms with Crippen LogP contribution in [0.2, 0.25) is 0 Å². The molecule has 0 saturated carbocycles. The molecule has 1 rings (SSSR count). The predicted molar refractivity (Wildman–Crippen MR) is 70.2 cm³/mol. The Labute approximate surface area is 105 Å². The lowest BCUT2D eigenvalue weighted by Gasteiger charge is -2.08. The molecule has 6 heteroatoms. The van der Waals surface area contributed by atoms with E-state index in [1.165, 1.54) is 12.1 Å². The Morgan fingerprint density at radius 2 is 2.35 bits per heavy atom. The third-order valence-electron chi connectivity index (χ3n) is 2.03. The summed E-state index contributed by atoms with van der Waals surface area (Å²) in [6.07, 6.45) is 1.95. The second-order valence-electron chi connectivity index (χ2n) is 3.42. The van der Waals surface area contributed by atoms with E-state index in [1.54, 1.807) is 12.1 Å². The highest BCUT2D eigenvalue weighted by atomic mass is 32.1. The van der Waals surface area contributed by atoms with E-state index in [2.05, 4.69) is 12.2 Å². The lowest BCUT2D eigenvalue weighted by Crippen LogP contribution is -2.13. The van der Waals surface area contributed by atoms with E-state index in [0.717, 1.165) is 12.8 Å². The van der Waals surface area contributed by atoms with Crippen molar-refractivity contribution in [1.29, 1.82) is 0 Å². The zero-order chi connectivity index (χ0) is 12.7. The molecule has 0 aromatic heterocycles. The number of nitrogens with zero attached hydrogens (tertiary/aromatic N) is 1. The van der Waals surface area contributed by atoms with E-state index in [-0.39, 0.29) is 10.9 Å². The van der Waals surface area contributed by atoms with Crippen LogP contribution in [0.1, 0.15) is 19.8 Å². The highest BCUT2D eigenvalue weighted by Crippen LogP contribution is 2.17. The monoisotopic (exact) mass is 254 g/mol. The molecule has 92 valence electrons. The average molecular weight is 254 g/mol. The van der Waals surface area contributed by atoms with Gasteiger partial charge in [0.15, 0.2) is 0 Å². The number of hydrogen-bond donors (Lipinski definition) is 1. The topological polar surface area (TPSA) is 64.4 Å². The van der Waals surface area contributed by atoms with Gasteiger partial charge in [-0.1, -0.05) is 19.4 Å². The fourth-order valence-corrected chi connectivity index (χ4v) is 1.36. The number of nitro benzene ring substituents is 1. The molecule has 5 nitrogen and oxygen atoms in total. The molecule has 1 aromatic rings. The fraction of sp³-hybridized carbons (Fsp3) is 0.364. The Kier molecular flexibility index (Phi) is 5.35. The molecule has 17 heavy (non-hydrogen) atoms. The molecule has 0 spiro atoms. The van der Waals surface area contributed by atoms with Gasteiger partial charge < -0.3 is 10.1 Å². The molecule has 0 aliphatic heterocycles. The lowest BCUT2D eigenvalue weighted by molar-refractivity contribution is -0.384. The van der Waals surface area contributed by atoms with Gasteiger partial charge in [-0.15, -0.1) is 0 Å². The molecular weight excluding hydrogens is 240 g/mol. The molecule has 0 aliphatic rings. The van der Waals surface area contributed by atoms with Gasteiger partial charge >= 0.3 is 0 Å². The van der Waals surface area contributed by atoms with Gasteiger partial charge in [0, 0.05) is 17.8 Å². The van der Waals surface area contributed by atoms with E-state index in [4.69, 9.17) is 17.0 Å². The van der Waals surface area contributed by atoms with Crippen molar-refractivity contribution in [2.75, 3.05) is 11.9 Å². The number of ether oxygens (including phenoxy) is 1. The Morgan fingerprint density at radius 3 is 3.00 bits per heavy atom. The molecule has 1 N–H and O–H groups in total. The van der Waals surface area contributed by atoms with Crippen LogP contribution in [0.5, 0.6) is 0 Å². The van der Waals surface area contributed by atoms with Crippen LogP contribution in [0.4, 0.5) is 11.4 Å². The Morgan fingerprint density at radius 1 is 1.59 bits per heavy atom. The van der Waals surface area contributed by atoms with Crippen molar-refractivity contribution in [1.82, 2.24) is 0 Å². The Balaban J connectivity index is 2.53. The maximum absolute atomic E-state index is 10.6. The minimum Gasteiger partial charge on any atom is -0.471 e. The summed E-state index contributed by atoms with van der Waals surface area (Å²) in [7, 11) is 0. The van der Waals surface area contributed by atoms with Gasteiger partial charge in [0.05, 0.1) is 11.5 Å². The van der Waals surface area contributed by atoms with Gasteiger partial charge in [-0.2, -0.15) is 0 Å². The second-order valence-corrected chi connectivity index (χ2v) is 3.79. The Hall–Kier alpha value is -1.69. The quantitative estimate of drug-likeness (QED) is 0.378. The number of benzene rings is 1. The first-order valence-corrected chi connectivity index (χ1v) is 5.72. The van der Waals surface area contributed by atoms with E-state index in [0.29, 0.717) is 12.3 Å². The summed E-state index contributed by atoms with van der Waals surface area (Å²) in [5.41, 5.74) is 0.576. The standard InChI is InChI=1S/C11H14N2O3S/c1-2-3-7-16-11(17)12-9-5-4-6-10(8-9)13(14)15/h4-6,8H,2-3,7H2,1H3,(H,12,17). The number of rotatable bonds is 5. The van der Waals surface area contributed by atoms with Crippen LogP contribution in [0, 0.1) is 10.1 Å². The smallest absolute Gasteiger partial charge is 0.271 e. The van der Waals surface area contributed by atoms with E-state index in [1.807, 2.05) is 0 Å². The first kappa shape index (κ1) is 13.4. The predicted octanol–water partition coefficient (Wildman–Crippen LogP) is 3.11. The summed E-state index contributed by atoms with van der Waals surface area (Å²) in [5.74, 6) is 0. The average Bonchev–Trinajstić information content (AvgIpc) is 2.29. The van der Waals surface area contributed by atoms with Gasteiger partial charge in [-0.25, -0.2) is 0 Å². The molecule has 1 aromatic carbocycles. The number of unbranched alkanes of at least 4 members (excludes halogenated alkanes) is 1. The highest BCUT2D eigenvalue weighted by molar-refractivity contribution is 7.80. The van der Waals surface area contributed by atoms with E-state index < -0.39 is 4.92 Å². The van der Waals surface area contributed by atoms with Crippen LogP contribution in [-0.4, -0.2) is 16.7 Å². The van der Waals surface area contributed by atoms with Crippen molar-refractivity contribution in [2.45, 2.75) is 19.8 Å². The summed E-state index contributed by atoms with van der Waals surface area (Å²) < 4.78 is 5.24. The van der Waals surface area contributed by atoms with Gasteiger partial charge in [-0.05, 0) is 24.7 Å². The highest BCUT2D eigenvalue weighted by Gasteiger charge is 2.06. The second kappa shape index (κ2) is 6.80. The fourth-order valence-electron chi connectivity index (χ4n) is 1.16. The normalized spacial score (nSPS) is 9.71. The van der Waals surface area contributed by atoms with Crippen LogP contribution < -0.4 is 5.32 Å². The van der Waals surface area contributed by atoms with Crippen LogP contribution in [0.15, 0.2) is 24.3 Å². The van der Waals surface area contributed by atoms with E-state index >= 15 is 0 Å². The molecule has 0 radical (unpaired) electrons. The SMILES string of the molecule is CCCCOC(=S)Nc1cccc([N+](=O)[O-])c1. The number of nitrogens with one attached hydrogen (secondary N) is 1. The molecule has 0 bridgehead atoms. The number of anilines is 1. The minimum absolute atomic E-state index is 0.0198. The number of non-ortho nitro benzene ring substituents is 1. The molecule has 0 amide bonds. The molecule has 0 unspecified atom stereocenters. The third kappa shape index (κ3) is 4.78. The largest absolute Gasteiger partial charge is 0.471 e. The van der Waals surface area contributed by atoms with Crippen molar-refractivity contribution < 1.29 is 9.66 Å². The van der Waals surface area contributed by atoms with Crippen molar-refractivity contribution in [3.63, 3.8) is 0 Å². The number of nitro groups is 1. The maximum Gasteiger partial charge on any atom is 0.271 e. The first-order chi connectivity index (χ1) is 8.13. The number of hydrogen-bond acceptors (Lipinski definition) is 4. The first-order valence-electron chi connectivity index (χ1n) is 5.31. The van der Waals surface area contributed by atoms with Crippen LogP contribution >= 0.6 is 12.2 Å². The van der Waals surface area contributed by atoms with Crippen molar-refractivity contribution in [3.8, 4) is 0 Å². The van der Waals surface area contributed by atoms with Gasteiger partial charge in [0.25, 0.3) is 10.9 Å². The summed E-state index contributed by atoms with van der Waals surface area (Å²) >= 11 is 4.96.